The van der Waals surface area contributed by atoms with Gasteiger partial charge in [-0.1, -0.05) is 0 Å². The molecule has 1 atom stereocenters. The summed E-state index contributed by atoms with van der Waals surface area (Å²) in [7, 11) is 0. The molecule has 2 N–H and O–H groups in total. The first-order valence-corrected chi connectivity index (χ1v) is 7.24. The summed E-state index contributed by atoms with van der Waals surface area (Å²) >= 11 is 1.66. The molecule has 0 amide bonds. The summed E-state index contributed by atoms with van der Waals surface area (Å²) in [6.45, 7) is 8.89. The molecule has 2 aromatic rings. The SMILES string of the molecule is CCNc1nc(C)cc(NC(C)c2nc(C)cs2)n1. The molecule has 5 nitrogen and oxygen atoms in total. The molecule has 0 spiro atoms. The number of aromatic nitrogens is 3. The molecule has 1 unspecified atom stereocenters. The Balaban J connectivity index is 2.14. The second-order valence-electron chi connectivity index (χ2n) is 4.44. The molecule has 6 heteroatoms. The number of thiazole rings is 1. The first-order valence-electron chi connectivity index (χ1n) is 6.36. The third-order valence-electron chi connectivity index (χ3n) is 2.56. The number of nitrogens with zero attached hydrogens (tertiary/aromatic N) is 3. The zero-order valence-electron chi connectivity index (χ0n) is 11.7. The van der Waals surface area contributed by atoms with Gasteiger partial charge in [-0.3, -0.25) is 0 Å². The van der Waals surface area contributed by atoms with Crippen LogP contribution in [-0.2, 0) is 0 Å². The highest BCUT2D eigenvalue weighted by molar-refractivity contribution is 7.09. The molecular weight excluding hydrogens is 258 g/mol. The van der Waals surface area contributed by atoms with Crippen LogP contribution < -0.4 is 10.6 Å². The predicted octanol–water partition coefficient (Wildman–Crippen LogP) is 3.15. The Hall–Kier alpha value is -1.69. The second kappa shape index (κ2) is 5.97. The Morgan fingerprint density at radius 1 is 1.21 bits per heavy atom. The second-order valence-corrected chi connectivity index (χ2v) is 5.33. The van der Waals surface area contributed by atoms with Gasteiger partial charge in [-0.15, -0.1) is 11.3 Å². The number of rotatable bonds is 5. The lowest BCUT2D eigenvalue weighted by molar-refractivity contribution is 0.852. The van der Waals surface area contributed by atoms with Crippen LogP contribution in [0.5, 0.6) is 0 Å². The summed E-state index contributed by atoms with van der Waals surface area (Å²) in [6.07, 6.45) is 0. The average molecular weight is 277 g/mol. The molecule has 0 fully saturated rings. The summed E-state index contributed by atoms with van der Waals surface area (Å²) in [5, 5.41) is 9.63. The van der Waals surface area contributed by atoms with Crippen molar-refractivity contribution in [3.8, 4) is 0 Å². The summed E-state index contributed by atoms with van der Waals surface area (Å²) in [5.41, 5.74) is 2.00. The van der Waals surface area contributed by atoms with Crippen LogP contribution in [0.2, 0.25) is 0 Å². The molecule has 0 aliphatic rings. The highest BCUT2D eigenvalue weighted by atomic mass is 32.1. The van der Waals surface area contributed by atoms with Crippen molar-refractivity contribution in [2.24, 2.45) is 0 Å². The Morgan fingerprint density at radius 2 is 2.00 bits per heavy atom. The average Bonchev–Trinajstić information content (AvgIpc) is 2.75. The first kappa shape index (κ1) is 13.7. The number of hydrogen-bond donors (Lipinski definition) is 2. The number of anilines is 2. The van der Waals surface area contributed by atoms with E-state index >= 15 is 0 Å². The van der Waals surface area contributed by atoms with Crippen LogP contribution in [0.3, 0.4) is 0 Å². The molecule has 102 valence electrons. The van der Waals surface area contributed by atoms with E-state index in [4.69, 9.17) is 0 Å². The monoisotopic (exact) mass is 277 g/mol. The topological polar surface area (TPSA) is 62.7 Å². The van der Waals surface area contributed by atoms with Gasteiger partial charge in [0.25, 0.3) is 0 Å². The van der Waals surface area contributed by atoms with Crippen LogP contribution in [0.15, 0.2) is 11.4 Å². The Bertz CT molecular complexity index is 552. The third kappa shape index (κ3) is 3.64. The van der Waals surface area contributed by atoms with E-state index in [0.29, 0.717) is 5.95 Å². The standard InChI is InChI=1S/C13H19N5S/c1-5-14-13-16-8(2)6-11(18-13)17-10(4)12-15-9(3)7-19-12/h6-7,10H,5H2,1-4H3,(H2,14,16,17,18). The van der Waals surface area contributed by atoms with Crippen LogP contribution in [0.25, 0.3) is 0 Å². The zero-order valence-corrected chi connectivity index (χ0v) is 12.5. The minimum atomic E-state index is 0.141. The molecule has 2 rings (SSSR count). The van der Waals surface area contributed by atoms with E-state index in [1.165, 1.54) is 0 Å². The van der Waals surface area contributed by atoms with Gasteiger partial charge in [-0.05, 0) is 27.7 Å². The number of hydrogen-bond acceptors (Lipinski definition) is 6. The van der Waals surface area contributed by atoms with Crippen molar-refractivity contribution in [1.82, 2.24) is 15.0 Å². The van der Waals surface area contributed by atoms with Gasteiger partial charge in [0.1, 0.15) is 10.8 Å². The molecule has 19 heavy (non-hydrogen) atoms. The highest BCUT2D eigenvalue weighted by Gasteiger charge is 2.11. The van der Waals surface area contributed by atoms with Crippen LogP contribution in [0.1, 0.15) is 36.3 Å². The number of nitrogens with one attached hydrogen (secondary N) is 2. The quantitative estimate of drug-likeness (QED) is 0.879. The van der Waals surface area contributed by atoms with Crippen LogP contribution >= 0.6 is 11.3 Å². The van der Waals surface area contributed by atoms with E-state index in [2.05, 4.69) is 37.9 Å². The van der Waals surface area contributed by atoms with Crippen LogP contribution in [-0.4, -0.2) is 21.5 Å². The van der Waals surface area contributed by atoms with E-state index in [0.717, 1.165) is 28.8 Å². The Morgan fingerprint density at radius 3 is 2.63 bits per heavy atom. The van der Waals surface area contributed by atoms with Crippen LogP contribution in [0, 0.1) is 13.8 Å². The van der Waals surface area contributed by atoms with E-state index in [9.17, 15) is 0 Å². The van der Waals surface area contributed by atoms with Crippen molar-refractivity contribution in [3.63, 3.8) is 0 Å². The summed E-state index contributed by atoms with van der Waals surface area (Å²) in [6, 6.07) is 2.08. The maximum Gasteiger partial charge on any atom is 0.224 e. The Labute approximate surface area is 117 Å². The van der Waals surface area contributed by atoms with Gasteiger partial charge >= 0.3 is 0 Å². The summed E-state index contributed by atoms with van der Waals surface area (Å²) < 4.78 is 0. The molecule has 0 saturated carbocycles. The predicted molar refractivity (Wildman–Crippen MR) is 79.8 cm³/mol. The lowest BCUT2D eigenvalue weighted by Crippen LogP contribution is -2.10. The van der Waals surface area contributed by atoms with E-state index in [-0.39, 0.29) is 6.04 Å². The van der Waals surface area contributed by atoms with Crippen molar-refractivity contribution in [3.05, 3.63) is 27.8 Å². The molecule has 0 bridgehead atoms. The van der Waals surface area contributed by atoms with Crippen LogP contribution in [0.4, 0.5) is 11.8 Å². The summed E-state index contributed by atoms with van der Waals surface area (Å²) in [5.74, 6) is 1.48. The fourth-order valence-corrected chi connectivity index (χ4v) is 2.54. The van der Waals surface area contributed by atoms with Gasteiger partial charge in [0.15, 0.2) is 0 Å². The van der Waals surface area contributed by atoms with Crippen molar-refractivity contribution in [2.75, 3.05) is 17.2 Å². The molecule has 0 radical (unpaired) electrons. The summed E-state index contributed by atoms with van der Waals surface area (Å²) in [4.78, 5) is 13.3. The maximum atomic E-state index is 4.48. The largest absolute Gasteiger partial charge is 0.361 e. The molecule has 2 heterocycles. The van der Waals surface area contributed by atoms with E-state index in [1.807, 2.05) is 26.8 Å². The van der Waals surface area contributed by atoms with Crippen molar-refractivity contribution in [2.45, 2.75) is 33.7 Å². The molecular formula is C13H19N5S. The number of aryl methyl sites for hydroxylation is 2. The molecule has 0 aliphatic heterocycles. The third-order valence-corrected chi connectivity index (χ3v) is 3.71. The lowest BCUT2D eigenvalue weighted by atomic mass is 10.3. The van der Waals surface area contributed by atoms with Gasteiger partial charge in [-0.2, -0.15) is 4.98 Å². The maximum absolute atomic E-state index is 4.48. The van der Waals surface area contributed by atoms with Gasteiger partial charge in [0, 0.05) is 29.4 Å². The smallest absolute Gasteiger partial charge is 0.224 e. The van der Waals surface area contributed by atoms with E-state index in [1.54, 1.807) is 11.3 Å². The van der Waals surface area contributed by atoms with Crippen molar-refractivity contribution in [1.29, 1.82) is 0 Å². The molecule has 0 aromatic carbocycles. The highest BCUT2D eigenvalue weighted by Crippen LogP contribution is 2.22. The lowest BCUT2D eigenvalue weighted by Gasteiger charge is -2.13. The van der Waals surface area contributed by atoms with Gasteiger partial charge < -0.3 is 10.6 Å². The molecule has 0 aliphatic carbocycles. The van der Waals surface area contributed by atoms with Crippen molar-refractivity contribution < 1.29 is 0 Å². The van der Waals surface area contributed by atoms with Gasteiger partial charge in [-0.25, -0.2) is 9.97 Å². The minimum Gasteiger partial charge on any atom is -0.361 e. The normalized spacial score (nSPS) is 12.2. The minimum absolute atomic E-state index is 0.141. The van der Waals surface area contributed by atoms with E-state index < -0.39 is 0 Å². The fraction of sp³-hybridized carbons (Fsp3) is 0.462. The van der Waals surface area contributed by atoms with Gasteiger partial charge in [0.05, 0.1) is 6.04 Å². The fourth-order valence-electron chi connectivity index (χ4n) is 1.73. The zero-order chi connectivity index (χ0) is 13.8. The Kier molecular flexibility index (Phi) is 4.31. The molecule has 0 saturated heterocycles. The van der Waals surface area contributed by atoms with Gasteiger partial charge in [0.2, 0.25) is 5.95 Å². The molecule has 2 aromatic heterocycles. The van der Waals surface area contributed by atoms with Crippen molar-refractivity contribution >= 4 is 23.1 Å². The first-order chi connectivity index (χ1) is 9.08.